The van der Waals surface area contributed by atoms with Crippen LogP contribution < -0.4 is 5.30 Å². The first kappa shape index (κ1) is 15.7. The molecule has 1 atom stereocenters. The first-order valence-corrected chi connectivity index (χ1v) is 8.36. The Balaban J connectivity index is 2.57. The summed E-state index contributed by atoms with van der Waals surface area (Å²) in [7, 11) is -2.24. The Labute approximate surface area is 125 Å². The lowest BCUT2D eigenvalue weighted by Crippen LogP contribution is -2.15. The molecule has 2 aromatic carbocycles. The zero-order valence-electron chi connectivity index (χ0n) is 12.7. The van der Waals surface area contributed by atoms with Gasteiger partial charge in [0.25, 0.3) is 5.52 Å². The standard InChI is InChI=1S/C17H19O3P/c1-12-10-14(3)16(11-13(12)2)17(18)21(19,20-4)15-8-6-5-7-9-15/h5-11H,1-4H3. The molecule has 0 saturated carbocycles. The SMILES string of the molecule is COP(=O)(C(=O)c1cc(C)c(C)cc1C)c1ccccc1. The molecule has 2 rings (SSSR count). The fraction of sp³-hybridized carbons (Fsp3) is 0.235. The summed E-state index contributed by atoms with van der Waals surface area (Å²) in [6, 6.07) is 12.4. The van der Waals surface area contributed by atoms with Gasteiger partial charge in [-0.1, -0.05) is 24.3 Å². The third-order valence-corrected chi connectivity index (χ3v) is 5.96. The number of hydrogen-bond donors (Lipinski definition) is 0. The van der Waals surface area contributed by atoms with Crippen LogP contribution >= 0.6 is 7.37 Å². The van der Waals surface area contributed by atoms with E-state index < -0.39 is 12.9 Å². The Hall–Kier alpha value is -1.70. The lowest BCUT2D eigenvalue weighted by Gasteiger charge is -2.17. The van der Waals surface area contributed by atoms with Crippen molar-refractivity contribution in [3.8, 4) is 0 Å². The molecule has 2 aromatic rings. The zero-order chi connectivity index (χ0) is 15.6. The monoisotopic (exact) mass is 302 g/mol. The van der Waals surface area contributed by atoms with Gasteiger partial charge in [0, 0.05) is 18.0 Å². The lowest BCUT2D eigenvalue weighted by atomic mass is 10.0. The highest BCUT2D eigenvalue weighted by Gasteiger charge is 2.35. The van der Waals surface area contributed by atoms with Crippen LogP contribution in [0.2, 0.25) is 0 Å². The van der Waals surface area contributed by atoms with Crippen LogP contribution in [0.1, 0.15) is 27.0 Å². The lowest BCUT2D eigenvalue weighted by molar-refractivity contribution is 0.106. The molecule has 4 heteroatoms. The van der Waals surface area contributed by atoms with Crippen LogP contribution in [0.3, 0.4) is 0 Å². The minimum atomic E-state index is -3.57. The molecule has 0 aliphatic heterocycles. The summed E-state index contributed by atoms with van der Waals surface area (Å²) in [6.45, 7) is 5.78. The minimum absolute atomic E-state index is 0.426. The van der Waals surface area contributed by atoms with E-state index in [1.165, 1.54) is 7.11 Å². The quantitative estimate of drug-likeness (QED) is 0.802. The van der Waals surface area contributed by atoms with Crippen LogP contribution in [0.15, 0.2) is 42.5 Å². The molecule has 0 radical (unpaired) electrons. The summed E-state index contributed by atoms with van der Waals surface area (Å²) < 4.78 is 18.2. The maximum Gasteiger partial charge on any atom is 0.300 e. The first-order valence-electron chi connectivity index (χ1n) is 6.74. The van der Waals surface area contributed by atoms with Gasteiger partial charge in [-0.15, -0.1) is 0 Å². The smallest absolute Gasteiger partial charge is 0.300 e. The summed E-state index contributed by atoms with van der Waals surface area (Å²) in [5.74, 6) is 0. The zero-order valence-corrected chi connectivity index (χ0v) is 13.6. The largest absolute Gasteiger partial charge is 0.323 e. The Morgan fingerprint density at radius 1 is 0.952 bits per heavy atom. The van der Waals surface area contributed by atoms with E-state index in [4.69, 9.17) is 4.52 Å². The van der Waals surface area contributed by atoms with Crippen LogP contribution in [-0.4, -0.2) is 12.6 Å². The van der Waals surface area contributed by atoms with Crippen molar-refractivity contribution in [3.05, 3.63) is 64.7 Å². The summed E-state index contributed by atoms with van der Waals surface area (Å²) >= 11 is 0. The van der Waals surface area contributed by atoms with E-state index in [9.17, 15) is 9.36 Å². The van der Waals surface area contributed by atoms with E-state index in [2.05, 4.69) is 0 Å². The highest BCUT2D eigenvalue weighted by Crippen LogP contribution is 2.48. The summed E-state index contributed by atoms with van der Waals surface area (Å²) in [5.41, 5.74) is 2.94. The Morgan fingerprint density at radius 3 is 2.10 bits per heavy atom. The molecule has 0 aromatic heterocycles. The van der Waals surface area contributed by atoms with Gasteiger partial charge in [0.05, 0.1) is 0 Å². The van der Waals surface area contributed by atoms with Crippen LogP contribution in [0, 0.1) is 20.8 Å². The highest BCUT2D eigenvalue weighted by molar-refractivity contribution is 7.83. The van der Waals surface area contributed by atoms with Crippen LogP contribution in [-0.2, 0) is 9.09 Å². The highest BCUT2D eigenvalue weighted by atomic mass is 31.2. The molecule has 3 nitrogen and oxygen atoms in total. The maximum absolute atomic E-state index is 13.1. The number of carbonyl (C=O) groups excluding carboxylic acids is 1. The van der Waals surface area contributed by atoms with Crippen molar-refractivity contribution in [1.29, 1.82) is 0 Å². The molecule has 0 aliphatic carbocycles. The predicted octanol–water partition coefficient (Wildman–Crippen LogP) is 4.00. The second kappa shape index (κ2) is 5.97. The molecule has 0 bridgehead atoms. The van der Waals surface area contributed by atoms with E-state index in [1.807, 2.05) is 32.9 Å². The van der Waals surface area contributed by atoms with E-state index in [0.29, 0.717) is 10.9 Å². The molecule has 0 amide bonds. The van der Waals surface area contributed by atoms with Gasteiger partial charge in [-0.2, -0.15) is 0 Å². The van der Waals surface area contributed by atoms with Crippen LogP contribution in [0.25, 0.3) is 0 Å². The third-order valence-electron chi connectivity index (χ3n) is 3.69. The number of hydrogen-bond acceptors (Lipinski definition) is 3. The molecule has 0 heterocycles. The van der Waals surface area contributed by atoms with Crippen molar-refractivity contribution in [2.45, 2.75) is 20.8 Å². The average molecular weight is 302 g/mol. The number of rotatable bonds is 4. The molecule has 0 fully saturated rings. The van der Waals surface area contributed by atoms with Crippen molar-refractivity contribution < 1.29 is 13.9 Å². The molecule has 0 N–H and O–H groups in total. The predicted molar refractivity (Wildman–Crippen MR) is 85.7 cm³/mol. The Morgan fingerprint density at radius 2 is 1.52 bits per heavy atom. The van der Waals surface area contributed by atoms with Crippen molar-refractivity contribution in [2.75, 3.05) is 7.11 Å². The molecule has 110 valence electrons. The van der Waals surface area contributed by atoms with E-state index in [-0.39, 0.29) is 0 Å². The van der Waals surface area contributed by atoms with Gasteiger partial charge in [-0.05, 0) is 55.7 Å². The second-order valence-corrected chi connectivity index (χ2v) is 7.52. The molecular weight excluding hydrogens is 283 g/mol. The molecule has 1 unspecified atom stereocenters. The van der Waals surface area contributed by atoms with Gasteiger partial charge < -0.3 is 4.52 Å². The number of carbonyl (C=O) groups is 1. The van der Waals surface area contributed by atoms with Crippen molar-refractivity contribution in [1.82, 2.24) is 0 Å². The maximum atomic E-state index is 13.1. The Bertz CT molecular complexity index is 720. The van der Waals surface area contributed by atoms with Gasteiger partial charge in [0.2, 0.25) is 0 Å². The van der Waals surface area contributed by atoms with Crippen molar-refractivity contribution >= 4 is 18.2 Å². The molecular formula is C17H19O3P. The second-order valence-electron chi connectivity index (χ2n) is 5.13. The normalized spacial score (nSPS) is 13.7. The van der Waals surface area contributed by atoms with Gasteiger partial charge in [0.1, 0.15) is 0 Å². The topological polar surface area (TPSA) is 43.4 Å². The summed E-state index contributed by atoms with van der Waals surface area (Å²) in [5, 5.41) is 0.426. The fourth-order valence-corrected chi connectivity index (χ4v) is 4.01. The van der Waals surface area contributed by atoms with Crippen LogP contribution in [0.5, 0.6) is 0 Å². The van der Waals surface area contributed by atoms with Gasteiger partial charge in [0.15, 0.2) is 0 Å². The molecule has 0 saturated heterocycles. The van der Waals surface area contributed by atoms with Gasteiger partial charge in [-0.25, -0.2) is 0 Å². The molecule has 21 heavy (non-hydrogen) atoms. The van der Waals surface area contributed by atoms with E-state index in [1.54, 1.807) is 30.3 Å². The summed E-state index contributed by atoms with van der Waals surface area (Å²) in [6.07, 6.45) is 0. The van der Waals surface area contributed by atoms with Crippen molar-refractivity contribution in [3.63, 3.8) is 0 Å². The minimum Gasteiger partial charge on any atom is -0.323 e. The van der Waals surface area contributed by atoms with Gasteiger partial charge >= 0.3 is 7.37 Å². The molecule has 0 spiro atoms. The van der Waals surface area contributed by atoms with Crippen molar-refractivity contribution in [2.24, 2.45) is 0 Å². The van der Waals surface area contributed by atoms with Gasteiger partial charge in [-0.3, -0.25) is 9.36 Å². The van der Waals surface area contributed by atoms with E-state index in [0.717, 1.165) is 16.7 Å². The third kappa shape index (κ3) is 2.85. The summed E-state index contributed by atoms with van der Waals surface area (Å²) in [4.78, 5) is 12.8. The first-order chi connectivity index (χ1) is 9.90. The number of benzene rings is 2. The molecule has 0 aliphatic rings. The average Bonchev–Trinajstić information content (AvgIpc) is 2.50. The van der Waals surface area contributed by atoms with Crippen LogP contribution in [0.4, 0.5) is 0 Å². The van der Waals surface area contributed by atoms with E-state index >= 15 is 0 Å². The number of aryl methyl sites for hydroxylation is 3. The fourth-order valence-electron chi connectivity index (χ4n) is 2.28. The Kier molecular flexibility index (Phi) is 4.46.